The number of carbonyl (C=O) groups excluding carboxylic acids is 1. The van der Waals surface area contributed by atoms with Crippen molar-refractivity contribution in [2.75, 3.05) is 63.9 Å². The van der Waals surface area contributed by atoms with E-state index in [9.17, 15) is 10.1 Å². The maximum absolute atomic E-state index is 13.5. The third-order valence-electron chi connectivity index (χ3n) is 7.15. The molecule has 2 fully saturated rings. The van der Waals surface area contributed by atoms with E-state index < -0.39 is 0 Å². The molecule has 0 saturated carbocycles. The number of halogens is 1. The molecule has 0 atom stereocenters. The summed E-state index contributed by atoms with van der Waals surface area (Å²) in [4.78, 5) is 29.2. The van der Waals surface area contributed by atoms with Gasteiger partial charge in [0.25, 0.3) is 5.91 Å². The van der Waals surface area contributed by atoms with E-state index in [1.54, 1.807) is 0 Å². The van der Waals surface area contributed by atoms with Crippen LogP contribution in [0.1, 0.15) is 54.9 Å². The van der Waals surface area contributed by atoms with Crippen LogP contribution in [0.3, 0.4) is 0 Å². The third kappa shape index (κ3) is 7.95. The fraction of sp³-hybridized carbons (Fsp3) is 0.571. The summed E-state index contributed by atoms with van der Waals surface area (Å²) in [6, 6.07) is 9.62. The van der Waals surface area contributed by atoms with Gasteiger partial charge in [0.15, 0.2) is 5.82 Å². The number of hydrogen-bond acceptors (Lipinski definition) is 8. The van der Waals surface area contributed by atoms with Crippen LogP contribution in [0.25, 0.3) is 0 Å². The van der Waals surface area contributed by atoms with E-state index in [1.165, 1.54) is 55.7 Å². The smallest absolute Gasteiger partial charge is 0.274 e. The lowest BCUT2D eigenvalue weighted by Gasteiger charge is -2.36. The van der Waals surface area contributed by atoms with E-state index in [1.807, 2.05) is 44.2 Å². The molecular weight excluding hydrogens is 500 g/mol. The molecule has 2 aliphatic heterocycles. The minimum Gasteiger partial charge on any atom is -0.302 e. The second kappa shape index (κ2) is 14.0. The van der Waals surface area contributed by atoms with Crippen molar-refractivity contribution in [3.63, 3.8) is 0 Å². The minimum atomic E-state index is -0.288. The van der Waals surface area contributed by atoms with Gasteiger partial charge in [0.05, 0.1) is 6.20 Å². The Bertz CT molecular complexity index is 1090. The van der Waals surface area contributed by atoms with Crippen LogP contribution < -0.4 is 10.4 Å². The summed E-state index contributed by atoms with van der Waals surface area (Å²) in [7, 11) is 0. The van der Waals surface area contributed by atoms with Crippen LogP contribution in [0.5, 0.6) is 0 Å². The Morgan fingerprint density at radius 1 is 1.03 bits per heavy atom. The highest BCUT2D eigenvalue weighted by Gasteiger charge is 2.23. The number of piperazine rings is 1. The SMILES string of the molecule is CC(C)CNN(C(=O)c1ccc(CN2CCN(CCN3CCCCC3)CC2)cc1)c1nc(C#N)ncc1Cl. The van der Waals surface area contributed by atoms with Crippen LogP contribution in [-0.2, 0) is 6.54 Å². The van der Waals surface area contributed by atoms with Gasteiger partial charge in [-0.05, 0) is 49.5 Å². The summed E-state index contributed by atoms with van der Waals surface area (Å²) in [6.07, 6.45) is 5.43. The Morgan fingerprint density at radius 2 is 1.66 bits per heavy atom. The Balaban J connectivity index is 1.33. The Hall–Kier alpha value is -2.61. The first-order valence-electron chi connectivity index (χ1n) is 13.7. The van der Waals surface area contributed by atoms with Gasteiger partial charge < -0.3 is 4.90 Å². The summed E-state index contributed by atoms with van der Waals surface area (Å²) in [5.41, 5.74) is 4.82. The number of nitriles is 1. The van der Waals surface area contributed by atoms with Crippen molar-refractivity contribution in [3.8, 4) is 6.07 Å². The van der Waals surface area contributed by atoms with E-state index >= 15 is 0 Å². The molecule has 10 heteroatoms. The molecule has 1 aromatic heterocycles. The van der Waals surface area contributed by atoms with Gasteiger partial charge in [-0.1, -0.05) is 44.0 Å². The lowest BCUT2D eigenvalue weighted by molar-refractivity contribution is 0.0972. The van der Waals surface area contributed by atoms with Crippen LogP contribution in [0, 0.1) is 17.2 Å². The number of likely N-dealkylation sites (tertiary alicyclic amines) is 1. The first-order valence-corrected chi connectivity index (χ1v) is 14.1. The molecule has 0 bridgehead atoms. The van der Waals surface area contributed by atoms with Crippen LogP contribution in [0.4, 0.5) is 5.82 Å². The molecule has 2 aromatic rings. The average Bonchev–Trinajstić information content (AvgIpc) is 2.94. The van der Waals surface area contributed by atoms with Gasteiger partial charge >= 0.3 is 0 Å². The number of nitrogens with one attached hydrogen (secondary N) is 1. The predicted molar refractivity (Wildman–Crippen MR) is 150 cm³/mol. The fourth-order valence-corrected chi connectivity index (χ4v) is 5.04. The van der Waals surface area contributed by atoms with Crippen molar-refractivity contribution >= 4 is 23.3 Å². The number of piperidine rings is 1. The molecule has 0 aliphatic carbocycles. The molecule has 1 N–H and O–H groups in total. The van der Waals surface area contributed by atoms with E-state index in [2.05, 4.69) is 30.1 Å². The average molecular weight is 539 g/mol. The molecule has 1 aromatic carbocycles. The Labute approximate surface area is 231 Å². The van der Waals surface area contributed by atoms with E-state index in [0.717, 1.165) is 39.3 Å². The highest BCUT2D eigenvalue weighted by Crippen LogP contribution is 2.23. The van der Waals surface area contributed by atoms with Gasteiger partial charge in [-0.3, -0.25) is 14.6 Å². The molecule has 0 radical (unpaired) electrons. The van der Waals surface area contributed by atoms with Crippen molar-refractivity contribution in [1.29, 1.82) is 5.26 Å². The zero-order chi connectivity index (χ0) is 26.9. The normalized spacial score (nSPS) is 17.4. The highest BCUT2D eigenvalue weighted by molar-refractivity contribution is 6.33. The van der Waals surface area contributed by atoms with Crippen molar-refractivity contribution in [2.24, 2.45) is 5.92 Å². The van der Waals surface area contributed by atoms with Crippen molar-refractivity contribution in [2.45, 2.75) is 39.7 Å². The summed E-state index contributed by atoms with van der Waals surface area (Å²) < 4.78 is 0. The quantitative estimate of drug-likeness (QED) is 0.460. The molecule has 2 saturated heterocycles. The maximum atomic E-state index is 13.5. The number of benzene rings is 1. The van der Waals surface area contributed by atoms with Gasteiger partial charge in [-0.2, -0.15) is 10.2 Å². The number of nitrogens with zero attached hydrogens (tertiary/aromatic N) is 7. The van der Waals surface area contributed by atoms with Crippen LogP contribution >= 0.6 is 11.6 Å². The lowest BCUT2D eigenvalue weighted by atomic mass is 10.1. The first kappa shape index (κ1) is 28.4. The summed E-state index contributed by atoms with van der Waals surface area (Å²) >= 11 is 6.32. The number of aromatic nitrogens is 2. The Morgan fingerprint density at radius 3 is 2.29 bits per heavy atom. The van der Waals surface area contributed by atoms with Gasteiger partial charge in [0, 0.05) is 57.9 Å². The molecule has 204 valence electrons. The summed E-state index contributed by atoms with van der Waals surface area (Å²) in [5, 5.41) is 10.7. The molecule has 0 unspecified atom stereocenters. The third-order valence-corrected chi connectivity index (χ3v) is 7.42. The number of anilines is 1. The van der Waals surface area contributed by atoms with Crippen LogP contribution in [0.2, 0.25) is 5.02 Å². The van der Waals surface area contributed by atoms with Crippen molar-refractivity contribution in [1.82, 2.24) is 30.1 Å². The Kier molecular flexibility index (Phi) is 10.4. The molecule has 9 nitrogen and oxygen atoms in total. The topological polar surface area (TPSA) is 91.6 Å². The number of hydrogen-bond donors (Lipinski definition) is 1. The molecule has 3 heterocycles. The van der Waals surface area contributed by atoms with Gasteiger partial charge in [-0.15, -0.1) is 0 Å². The molecular formula is C28H39ClN8O. The molecule has 2 aliphatic rings. The predicted octanol–water partition coefficient (Wildman–Crippen LogP) is 3.41. The van der Waals surface area contributed by atoms with Gasteiger partial charge in [-0.25, -0.2) is 15.4 Å². The van der Waals surface area contributed by atoms with E-state index in [4.69, 9.17) is 11.6 Å². The molecule has 4 rings (SSSR count). The monoisotopic (exact) mass is 538 g/mol. The van der Waals surface area contributed by atoms with Crippen molar-refractivity contribution < 1.29 is 4.79 Å². The highest BCUT2D eigenvalue weighted by atomic mass is 35.5. The van der Waals surface area contributed by atoms with Crippen LogP contribution in [0.15, 0.2) is 30.5 Å². The standard InChI is InChI=1S/C28H39ClN8O/c1-22(2)19-32-37(27-25(29)20-31-26(18-30)33-27)28(38)24-8-6-23(7-9-24)21-36-16-14-35(15-17-36)13-12-34-10-4-3-5-11-34/h6-9,20,22,32H,3-5,10-17,19,21H2,1-2H3. The molecule has 0 spiro atoms. The zero-order valence-electron chi connectivity index (χ0n) is 22.6. The molecule has 38 heavy (non-hydrogen) atoms. The van der Waals surface area contributed by atoms with Gasteiger partial charge in [0.1, 0.15) is 11.1 Å². The van der Waals surface area contributed by atoms with E-state index in [-0.39, 0.29) is 28.5 Å². The van der Waals surface area contributed by atoms with Crippen molar-refractivity contribution in [3.05, 3.63) is 52.4 Å². The first-order chi connectivity index (χ1) is 18.4. The minimum absolute atomic E-state index is 0.0458. The maximum Gasteiger partial charge on any atom is 0.274 e. The van der Waals surface area contributed by atoms with Gasteiger partial charge in [0.2, 0.25) is 5.82 Å². The largest absolute Gasteiger partial charge is 0.302 e. The number of hydrazine groups is 1. The van der Waals surface area contributed by atoms with E-state index in [0.29, 0.717) is 12.1 Å². The molecule has 1 amide bonds. The zero-order valence-corrected chi connectivity index (χ0v) is 23.3. The van der Waals surface area contributed by atoms with Crippen LogP contribution in [-0.4, -0.2) is 89.5 Å². The number of rotatable bonds is 10. The number of amides is 1. The second-order valence-corrected chi connectivity index (χ2v) is 11.0. The summed E-state index contributed by atoms with van der Waals surface area (Å²) in [6.45, 7) is 14.7. The lowest BCUT2D eigenvalue weighted by Crippen LogP contribution is -2.48. The fourth-order valence-electron chi connectivity index (χ4n) is 4.86. The second-order valence-electron chi connectivity index (χ2n) is 10.6. The summed E-state index contributed by atoms with van der Waals surface area (Å²) in [5.74, 6) is 0.125. The number of carbonyl (C=O) groups is 1.